The van der Waals surface area contributed by atoms with E-state index in [1.54, 1.807) is 23.6 Å². The van der Waals surface area contributed by atoms with Crippen LogP contribution in [0.25, 0.3) is 5.65 Å². The molecule has 0 spiro atoms. The molecule has 2 aromatic heterocycles. The smallest absolute Gasteiger partial charge is 0.412 e. The molecular weight excluding hydrogens is 554 g/mol. The summed E-state index contributed by atoms with van der Waals surface area (Å²) in [6, 6.07) is 2.57. The van der Waals surface area contributed by atoms with Crippen LogP contribution in [0.15, 0.2) is 18.7 Å². The van der Waals surface area contributed by atoms with E-state index in [1.807, 2.05) is 27.7 Å². The van der Waals surface area contributed by atoms with Gasteiger partial charge in [0.05, 0.1) is 36.6 Å². The Labute approximate surface area is 250 Å². The number of hydrogen-bond acceptors (Lipinski definition) is 9. The van der Waals surface area contributed by atoms with Crippen molar-refractivity contribution in [2.75, 3.05) is 43.1 Å². The summed E-state index contributed by atoms with van der Waals surface area (Å²) in [4.78, 5) is 32.9. The van der Waals surface area contributed by atoms with Gasteiger partial charge in [-0.05, 0) is 60.4 Å². The summed E-state index contributed by atoms with van der Waals surface area (Å²) in [5.41, 5.74) is 0.772. The van der Waals surface area contributed by atoms with Crippen molar-refractivity contribution in [2.24, 2.45) is 0 Å². The summed E-state index contributed by atoms with van der Waals surface area (Å²) in [5, 5.41) is 7.46. The predicted molar refractivity (Wildman–Crippen MR) is 167 cm³/mol. The van der Waals surface area contributed by atoms with Crippen molar-refractivity contribution in [1.82, 2.24) is 14.6 Å². The zero-order chi connectivity index (χ0) is 31.3. The lowest BCUT2D eigenvalue weighted by Gasteiger charge is -2.41. The molecule has 0 radical (unpaired) electrons. The van der Waals surface area contributed by atoms with Crippen LogP contribution in [-0.2, 0) is 23.7 Å². The van der Waals surface area contributed by atoms with E-state index in [0.717, 1.165) is 18.9 Å². The molecule has 2 aromatic rings. The van der Waals surface area contributed by atoms with Crippen LogP contribution in [0.1, 0.15) is 64.8 Å². The van der Waals surface area contributed by atoms with Crippen LogP contribution < -0.4 is 10.2 Å². The zero-order valence-electron chi connectivity index (χ0n) is 26.8. The van der Waals surface area contributed by atoms with Gasteiger partial charge in [-0.1, -0.05) is 25.7 Å². The number of ether oxygens (including phenoxy) is 4. The summed E-state index contributed by atoms with van der Waals surface area (Å²) >= 11 is 0. The molecule has 12 heteroatoms. The lowest BCUT2D eigenvalue weighted by atomic mass is 9.92. The van der Waals surface area contributed by atoms with Gasteiger partial charge in [0, 0.05) is 32.9 Å². The number of carbonyl (C=O) groups excluding carboxylic acids is 2. The van der Waals surface area contributed by atoms with Crippen LogP contribution in [0.5, 0.6) is 0 Å². The highest BCUT2D eigenvalue weighted by Crippen LogP contribution is 2.38. The third kappa shape index (κ3) is 9.02. The Balaban J connectivity index is 2.07. The monoisotopic (exact) mass is 603 g/mol. The van der Waals surface area contributed by atoms with Crippen LogP contribution in [-0.4, -0.2) is 78.8 Å². The number of nitrogens with zero attached hydrogens (tertiary/aromatic N) is 4. The molecule has 1 saturated heterocycles. The number of anilines is 2. The van der Waals surface area contributed by atoms with Crippen LogP contribution in [0, 0.1) is 6.92 Å². The van der Waals surface area contributed by atoms with Gasteiger partial charge in [0.15, 0.2) is 17.6 Å². The number of piperidine rings is 1. The highest BCUT2D eigenvalue weighted by Gasteiger charge is 2.38. The van der Waals surface area contributed by atoms with Crippen molar-refractivity contribution < 1.29 is 28.5 Å². The number of rotatable bonds is 12. The van der Waals surface area contributed by atoms with Gasteiger partial charge in [0.1, 0.15) is 5.82 Å². The van der Waals surface area contributed by atoms with E-state index in [0.29, 0.717) is 54.8 Å². The number of fused-ring (bicyclic) bond motifs is 1. The molecule has 1 amide bonds. The second-order valence-electron chi connectivity index (χ2n) is 13.2. The van der Waals surface area contributed by atoms with Crippen molar-refractivity contribution in [1.29, 1.82) is 0 Å². The number of aromatic nitrogens is 3. The zero-order valence-corrected chi connectivity index (χ0v) is 27.8. The summed E-state index contributed by atoms with van der Waals surface area (Å²) in [5.74, 6) is 0.482. The molecule has 0 saturated carbocycles. The van der Waals surface area contributed by atoms with Gasteiger partial charge in [-0.15, -0.1) is 11.7 Å². The number of carbonyl (C=O) groups is 2. The minimum absolute atomic E-state index is 0.214. The largest absolute Gasteiger partial charge is 0.464 e. The Kier molecular flexibility index (Phi) is 10.8. The number of nitrogens with one attached hydrogen (secondary N) is 1. The molecule has 1 fully saturated rings. The van der Waals surface area contributed by atoms with E-state index in [9.17, 15) is 9.59 Å². The second kappa shape index (κ2) is 13.6. The Morgan fingerprint density at radius 3 is 2.45 bits per heavy atom. The molecule has 42 heavy (non-hydrogen) atoms. The number of esters is 1. The lowest BCUT2D eigenvalue weighted by Crippen LogP contribution is -2.45. The van der Waals surface area contributed by atoms with Gasteiger partial charge in [-0.3, -0.25) is 5.32 Å². The Bertz CT molecular complexity index is 1260. The Morgan fingerprint density at radius 1 is 1.21 bits per heavy atom. The van der Waals surface area contributed by atoms with Crippen LogP contribution in [0.3, 0.4) is 0 Å². The van der Waals surface area contributed by atoms with Gasteiger partial charge < -0.3 is 23.8 Å². The first-order chi connectivity index (χ1) is 19.6. The lowest BCUT2D eigenvalue weighted by molar-refractivity contribution is -0.166. The molecule has 1 aliphatic rings. The second-order valence-corrected chi connectivity index (χ2v) is 18.8. The maximum atomic E-state index is 13.4. The summed E-state index contributed by atoms with van der Waals surface area (Å²) < 4.78 is 25.0. The summed E-state index contributed by atoms with van der Waals surface area (Å²) in [7, 11) is -1.35. The van der Waals surface area contributed by atoms with E-state index in [1.165, 1.54) is 0 Å². The molecule has 3 rings (SSSR count). The SMILES string of the molecule is C=CCOC1(C)CCN(c2c(C(OC(C)(C)C)C(=O)OCC)c(C)nc3cc(NC(=O)OCC[Si](C)(C)C)nn23)CC1. The average Bonchev–Trinajstić information content (AvgIpc) is 3.26. The van der Waals surface area contributed by atoms with E-state index in [2.05, 4.69) is 43.4 Å². The van der Waals surface area contributed by atoms with Crippen LogP contribution >= 0.6 is 0 Å². The van der Waals surface area contributed by atoms with E-state index in [-0.39, 0.29) is 12.2 Å². The standard InChI is InChI=1S/C30H49N5O6Si/c1-11-17-40-30(7)13-15-34(16-14-30)26-24(25(27(36)38-12-2)41-29(4,5)6)21(3)31-23-20-22(33-35(23)26)32-28(37)39-18-19-42(8,9)10/h11,20,25H,1,12-19H2,2-10H3,(H,32,33,37). The molecule has 0 aromatic carbocycles. The number of aryl methyl sites for hydroxylation is 1. The number of amides is 1. The maximum Gasteiger partial charge on any atom is 0.412 e. The third-order valence-corrected chi connectivity index (χ3v) is 8.73. The average molecular weight is 604 g/mol. The first kappa shape index (κ1) is 33.5. The van der Waals surface area contributed by atoms with Gasteiger partial charge in [0.25, 0.3) is 0 Å². The summed E-state index contributed by atoms with van der Waals surface area (Å²) in [6.07, 6.45) is 1.66. The Morgan fingerprint density at radius 2 is 1.88 bits per heavy atom. The molecule has 11 nitrogen and oxygen atoms in total. The van der Waals surface area contributed by atoms with Gasteiger partial charge in [-0.25, -0.2) is 14.6 Å². The predicted octanol–water partition coefficient (Wildman–Crippen LogP) is 5.91. The topological polar surface area (TPSA) is 117 Å². The van der Waals surface area contributed by atoms with Crippen LogP contribution in [0.2, 0.25) is 25.7 Å². The van der Waals surface area contributed by atoms with Crippen molar-refractivity contribution in [3.8, 4) is 0 Å². The molecular formula is C30H49N5O6Si. The van der Waals surface area contributed by atoms with E-state index in [4.69, 9.17) is 29.0 Å². The van der Waals surface area contributed by atoms with Crippen molar-refractivity contribution >= 4 is 37.4 Å². The fraction of sp³-hybridized carbons (Fsp3) is 0.667. The van der Waals surface area contributed by atoms with Crippen molar-refractivity contribution in [2.45, 2.75) is 97.4 Å². The number of hydrogen-bond donors (Lipinski definition) is 1. The minimum Gasteiger partial charge on any atom is -0.464 e. The molecule has 0 bridgehead atoms. The maximum absolute atomic E-state index is 13.4. The van der Waals surface area contributed by atoms with Gasteiger partial charge in [0.2, 0.25) is 0 Å². The summed E-state index contributed by atoms with van der Waals surface area (Å²) in [6.45, 7) is 24.2. The molecule has 1 aliphatic heterocycles. The van der Waals surface area contributed by atoms with Gasteiger partial charge in [-0.2, -0.15) is 4.52 Å². The molecule has 1 unspecified atom stereocenters. The van der Waals surface area contributed by atoms with Crippen LogP contribution in [0.4, 0.5) is 16.4 Å². The molecule has 0 aliphatic carbocycles. The first-order valence-electron chi connectivity index (χ1n) is 14.7. The fourth-order valence-corrected chi connectivity index (χ4v) is 5.48. The van der Waals surface area contributed by atoms with E-state index < -0.39 is 31.8 Å². The molecule has 1 N–H and O–H groups in total. The van der Waals surface area contributed by atoms with Crippen molar-refractivity contribution in [3.63, 3.8) is 0 Å². The third-order valence-electron chi connectivity index (χ3n) is 7.02. The molecule has 1 atom stereocenters. The molecule has 3 heterocycles. The minimum atomic E-state index is -1.35. The highest BCUT2D eigenvalue weighted by molar-refractivity contribution is 6.76. The van der Waals surface area contributed by atoms with Gasteiger partial charge >= 0.3 is 12.1 Å². The first-order valence-corrected chi connectivity index (χ1v) is 18.4. The normalized spacial score (nSPS) is 16.3. The Hall–Kier alpha value is -2.96. The van der Waals surface area contributed by atoms with E-state index >= 15 is 0 Å². The molecule has 234 valence electrons. The fourth-order valence-electron chi connectivity index (χ4n) is 4.77. The quantitative estimate of drug-likeness (QED) is 0.180. The van der Waals surface area contributed by atoms with Crippen molar-refractivity contribution in [3.05, 3.63) is 30.0 Å². The highest BCUT2D eigenvalue weighted by atomic mass is 28.3.